The van der Waals surface area contributed by atoms with Crippen molar-refractivity contribution in [3.05, 3.63) is 54.6 Å². The second-order valence-electron chi connectivity index (χ2n) is 3.50. The van der Waals surface area contributed by atoms with E-state index in [0.29, 0.717) is 0 Å². The molecule has 0 N–H and O–H groups in total. The van der Waals surface area contributed by atoms with Crippen molar-refractivity contribution < 1.29 is 0 Å². The van der Waals surface area contributed by atoms with Crippen LogP contribution < -0.4 is 0 Å². The average molecular weight is 381 g/mol. The summed E-state index contributed by atoms with van der Waals surface area (Å²) in [5, 5.41) is 1.98. The highest BCUT2D eigenvalue weighted by molar-refractivity contribution is 9.11. The van der Waals surface area contributed by atoms with Gasteiger partial charge in [-0.2, -0.15) is 0 Å². The second-order valence-corrected chi connectivity index (χ2v) is 6.65. The van der Waals surface area contributed by atoms with Crippen LogP contribution in [0, 0.1) is 6.92 Å². The third-order valence-electron chi connectivity index (χ3n) is 2.36. The summed E-state index contributed by atoms with van der Waals surface area (Å²) in [5.74, 6) is 0. The molecule has 0 bridgehead atoms. The molecule has 0 amide bonds. The Morgan fingerprint density at radius 2 is 2.00 bits per heavy atom. The molecule has 1 heterocycles. The molecule has 4 heteroatoms. The molecule has 1 atom stereocenters. The Labute approximate surface area is 121 Å². The van der Waals surface area contributed by atoms with Gasteiger partial charge in [0.25, 0.3) is 0 Å². The minimum Gasteiger partial charge on any atom is -0.147 e. The molecule has 0 saturated carbocycles. The van der Waals surface area contributed by atoms with Crippen LogP contribution in [0.15, 0.2) is 38.6 Å². The van der Waals surface area contributed by atoms with Gasteiger partial charge in [-0.15, -0.1) is 22.9 Å². The number of benzene rings is 1. The zero-order chi connectivity index (χ0) is 11.7. The van der Waals surface area contributed by atoms with Crippen LogP contribution in [-0.4, -0.2) is 0 Å². The van der Waals surface area contributed by atoms with E-state index in [-0.39, 0.29) is 5.38 Å². The van der Waals surface area contributed by atoms with Crippen LogP contribution >= 0.6 is 54.8 Å². The maximum atomic E-state index is 6.52. The molecule has 0 aliphatic rings. The topological polar surface area (TPSA) is 0 Å². The van der Waals surface area contributed by atoms with E-state index in [9.17, 15) is 0 Å². The molecule has 1 aromatic heterocycles. The van der Waals surface area contributed by atoms with Crippen molar-refractivity contribution in [3.8, 4) is 0 Å². The molecule has 0 spiro atoms. The van der Waals surface area contributed by atoms with Crippen LogP contribution in [0.4, 0.5) is 0 Å². The number of thiophene rings is 1. The minimum atomic E-state index is -0.0909. The number of alkyl halides is 1. The predicted molar refractivity (Wildman–Crippen MR) is 78.6 cm³/mol. The van der Waals surface area contributed by atoms with Crippen LogP contribution in [0.25, 0.3) is 0 Å². The largest absolute Gasteiger partial charge is 0.147 e. The Hall–Kier alpha value is 0.170. The summed E-state index contributed by atoms with van der Waals surface area (Å²) in [6.45, 7) is 2.09. The molecule has 1 aromatic carbocycles. The van der Waals surface area contributed by atoms with Gasteiger partial charge in [0.15, 0.2) is 0 Å². The first-order valence-electron chi connectivity index (χ1n) is 4.72. The van der Waals surface area contributed by atoms with E-state index < -0.39 is 0 Å². The summed E-state index contributed by atoms with van der Waals surface area (Å²) in [7, 11) is 0. The average Bonchev–Trinajstić information content (AvgIpc) is 2.67. The predicted octanol–water partition coefficient (Wildman–Crippen LogP) is 5.91. The quantitative estimate of drug-likeness (QED) is 0.568. The lowest BCUT2D eigenvalue weighted by molar-refractivity contribution is 1.14. The summed E-state index contributed by atoms with van der Waals surface area (Å²) in [6, 6.07) is 8.17. The van der Waals surface area contributed by atoms with Crippen LogP contribution in [0.5, 0.6) is 0 Å². The van der Waals surface area contributed by atoms with Gasteiger partial charge in [0, 0.05) is 13.8 Å². The number of hydrogen-bond acceptors (Lipinski definition) is 1. The highest BCUT2D eigenvalue weighted by atomic mass is 79.9. The molecular formula is C12H9Br2ClS. The molecule has 1 unspecified atom stereocenters. The van der Waals surface area contributed by atoms with Gasteiger partial charge >= 0.3 is 0 Å². The maximum absolute atomic E-state index is 6.52. The number of rotatable bonds is 2. The number of hydrogen-bond donors (Lipinski definition) is 0. The Morgan fingerprint density at radius 1 is 1.25 bits per heavy atom. The van der Waals surface area contributed by atoms with E-state index in [0.717, 1.165) is 14.5 Å². The summed E-state index contributed by atoms with van der Waals surface area (Å²) >= 11 is 15.2. The maximum Gasteiger partial charge on any atom is 0.0941 e. The lowest BCUT2D eigenvalue weighted by Crippen LogP contribution is -1.93. The Kier molecular flexibility index (Phi) is 4.11. The molecule has 0 aliphatic heterocycles. The second kappa shape index (κ2) is 5.21. The highest BCUT2D eigenvalue weighted by Gasteiger charge is 2.17. The van der Waals surface area contributed by atoms with Gasteiger partial charge in [-0.25, -0.2) is 0 Å². The lowest BCUT2D eigenvalue weighted by atomic mass is 10.1. The van der Waals surface area contributed by atoms with Crippen LogP contribution in [0.2, 0.25) is 0 Å². The summed E-state index contributed by atoms with van der Waals surface area (Å²) in [4.78, 5) is 1.21. The molecule has 0 aliphatic carbocycles. The van der Waals surface area contributed by atoms with Crippen molar-refractivity contribution in [1.29, 1.82) is 0 Å². The standard InChI is InChI=1S/C12H9Br2ClS/c1-7-4-5-16-12(7)11(15)9-6-8(13)2-3-10(9)14/h2-6,11H,1H3. The molecule has 0 nitrogen and oxygen atoms in total. The number of halogens is 3. The van der Waals surface area contributed by atoms with Crippen LogP contribution in [0.3, 0.4) is 0 Å². The van der Waals surface area contributed by atoms with E-state index in [1.54, 1.807) is 11.3 Å². The SMILES string of the molecule is Cc1ccsc1C(Cl)c1cc(Br)ccc1Br. The lowest BCUT2D eigenvalue weighted by Gasteiger charge is -2.12. The first-order chi connectivity index (χ1) is 7.59. The molecule has 84 valence electrons. The van der Waals surface area contributed by atoms with E-state index in [1.807, 2.05) is 12.1 Å². The molecule has 0 radical (unpaired) electrons. The molecule has 16 heavy (non-hydrogen) atoms. The molecular weight excluding hydrogens is 371 g/mol. The molecule has 2 rings (SSSR count). The smallest absolute Gasteiger partial charge is 0.0941 e. The first-order valence-corrected chi connectivity index (χ1v) is 7.63. The fourth-order valence-electron chi connectivity index (χ4n) is 1.49. The van der Waals surface area contributed by atoms with Gasteiger partial charge in [-0.05, 0) is 47.7 Å². The zero-order valence-electron chi connectivity index (χ0n) is 8.51. The Bertz CT molecular complexity index is 507. The van der Waals surface area contributed by atoms with Crippen molar-refractivity contribution in [3.63, 3.8) is 0 Å². The van der Waals surface area contributed by atoms with Crippen molar-refractivity contribution >= 4 is 54.8 Å². The van der Waals surface area contributed by atoms with Crippen molar-refractivity contribution in [1.82, 2.24) is 0 Å². The normalized spacial score (nSPS) is 12.8. The first kappa shape index (κ1) is 12.6. The molecule has 2 aromatic rings. The summed E-state index contributed by atoms with van der Waals surface area (Å²) in [5.41, 5.74) is 2.35. The zero-order valence-corrected chi connectivity index (χ0v) is 13.3. The fourth-order valence-corrected chi connectivity index (χ4v) is 3.91. The monoisotopic (exact) mass is 378 g/mol. The Morgan fingerprint density at radius 3 is 2.62 bits per heavy atom. The molecule has 0 fully saturated rings. The van der Waals surface area contributed by atoms with E-state index in [1.165, 1.54) is 10.4 Å². The van der Waals surface area contributed by atoms with Gasteiger partial charge in [0.1, 0.15) is 0 Å². The van der Waals surface area contributed by atoms with Crippen molar-refractivity contribution in [2.75, 3.05) is 0 Å². The van der Waals surface area contributed by atoms with Crippen molar-refractivity contribution in [2.24, 2.45) is 0 Å². The van der Waals surface area contributed by atoms with Gasteiger partial charge in [-0.3, -0.25) is 0 Å². The number of aryl methyl sites for hydroxylation is 1. The third-order valence-corrected chi connectivity index (χ3v) is 5.24. The van der Waals surface area contributed by atoms with Gasteiger partial charge in [-0.1, -0.05) is 31.9 Å². The summed E-state index contributed by atoms with van der Waals surface area (Å²) in [6.07, 6.45) is 0. The third kappa shape index (κ3) is 2.53. The van der Waals surface area contributed by atoms with Crippen LogP contribution in [0.1, 0.15) is 21.4 Å². The minimum absolute atomic E-state index is 0.0909. The van der Waals surface area contributed by atoms with Crippen molar-refractivity contribution in [2.45, 2.75) is 12.3 Å². The Balaban J connectivity index is 2.45. The highest BCUT2D eigenvalue weighted by Crippen LogP contribution is 2.38. The summed E-state index contributed by atoms with van der Waals surface area (Å²) < 4.78 is 2.09. The van der Waals surface area contributed by atoms with Gasteiger partial charge in [0.05, 0.1) is 5.38 Å². The van der Waals surface area contributed by atoms with E-state index in [2.05, 4.69) is 56.3 Å². The van der Waals surface area contributed by atoms with Gasteiger partial charge in [0.2, 0.25) is 0 Å². The van der Waals surface area contributed by atoms with Gasteiger partial charge < -0.3 is 0 Å². The van der Waals surface area contributed by atoms with E-state index >= 15 is 0 Å². The fraction of sp³-hybridized carbons (Fsp3) is 0.167. The van der Waals surface area contributed by atoms with E-state index in [4.69, 9.17) is 11.6 Å². The molecule has 0 saturated heterocycles. The van der Waals surface area contributed by atoms with Crippen LogP contribution in [-0.2, 0) is 0 Å².